The molecule has 2 heterocycles. The van der Waals surface area contributed by atoms with E-state index < -0.39 is 0 Å². The number of fused-ring (bicyclic) bond motifs is 1. The topological polar surface area (TPSA) is 67.6 Å². The molecule has 1 N–H and O–H groups in total. The van der Waals surface area contributed by atoms with Crippen molar-refractivity contribution in [2.24, 2.45) is 0 Å². The summed E-state index contributed by atoms with van der Waals surface area (Å²) in [6.07, 6.45) is 0. The van der Waals surface area contributed by atoms with Crippen molar-refractivity contribution in [3.63, 3.8) is 0 Å². The summed E-state index contributed by atoms with van der Waals surface area (Å²) >= 11 is 0. The van der Waals surface area contributed by atoms with E-state index in [1.807, 2.05) is 42.5 Å². The zero-order valence-corrected chi connectivity index (χ0v) is 11.4. The van der Waals surface area contributed by atoms with Crippen molar-refractivity contribution in [1.29, 1.82) is 0 Å². The Kier molecular flexibility index (Phi) is 2.57. The van der Waals surface area contributed by atoms with Gasteiger partial charge in [-0.05, 0) is 35.5 Å². The van der Waals surface area contributed by atoms with Crippen molar-refractivity contribution in [1.82, 2.24) is 20.6 Å². The number of aromatic amines is 1. The fourth-order valence-corrected chi connectivity index (χ4v) is 2.47. The van der Waals surface area contributed by atoms with E-state index in [0.717, 1.165) is 27.9 Å². The van der Waals surface area contributed by atoms with Crippen molar-refractivity contribution in [3.05, 3.63) is 54.1 Å². The van der Waals surface area contributed by atoms with Gasteiger partial charge in [0.05, 0.1) is 0 Å². The number of nitrogens with zero attached hydrogens (tertiary/aromatic N) is 3. The van der Waals surface area contributed by atoms with Crippen LogP contribution in [0, 0.1) is 6.92 Å². The van der Waals surface area contributed by atoms with Gasteiger partial charge in [0, 0.05) is 16.5 Å². The maximum atomic E-state index is 5.97. The Morgan fingerprint density at radius 2 is 1.86 bits per heavy atom. The maximum absolute atomic E-state index is 5.97. The average Bonchev–Trinajstić information content (AvgIpc) is 3.16. The van der Waals surface area contributed by atoms with Gasteiger partial charge in [0.25, 0.3) is 0 Å². The fraction of sp³-hybridized carbons (Fsp3) is 0.0625. The third-order valence-corrected chi connectivity index (χ3v) is 3.46. The zero-order valence-electron chi connectivity index (χ0n) is 11.4. The van der Waals surface area contributed by atoms with E-state index >= 15 is 0 Å². The smallest absolute Gasteiger partial charge is 0.180 e. The highest BCUT2D eigenvalue weighted by atomic mass is 16.3. The average molecular weight is 276 g/mol. The summed E-state index contributed by atoms with van der Waals surface area (Å²) in [5.74, 6) is 1.44. The van der Waals surface area contributed by atoms with Crippen LogP contribution in [-0.4, -0.2) is 20.6 Å². The van der Waals surface area contributed by atoms with Crippen molar-refractivity contribution in [3.8, 4) is 22.7 Å². The standard InChI is InChI=1S/C16H12N4O/c1-10-6-7-14-11(8-10)9-15(21-14)12-4-2-3-5-13(12)16-17-19-20-18-16/h2-9H,1H3,(H,17,18,19,20). The number of tetrazole rings is 1. The Labute approximate surface area is 120 Å². The zero-order chi connectivity index (χ0) is 14.2. The first-order chi connectivity index (χ1) is 10.3. The van der Waals surface area contributed by atoms with Crippen LogP contribution in [0.1, 0.15) is 5.56 Å². The summed E-state index contributed by atoms with van der Waals surface area (Å²) in [5.41, 5.74) is 3.96. The highest BCUT2D eigenvalue weighted by molar-refractivity contribution is 5.87. The minimum atomic E-state index is 0.627. The number of H-pyrrole nitrogens is 1. The van der Waals surface area contributed by atoms with E-state index in [-0.39, 0.29) is 0 Å². The Balaban J connectivity index is 1.93. The number of hydrogen-bond acceptors (Lipinski definition) is 4. The van der Waals surface area contributed by atoms with Crippen LogP contribution < -0.4 is 0 Å². The number of aromatic nitrogens is 4. The Morgan fingerprint density at radius 3 is 2.67 bits per heavy atom. The van der Waals surface area contributed by atoms with Gasteiger partial charge in [-0.25, -0.2) is 5.10 Å². The van der Waals surface area contributed by atoms with E-state index in [2.05, 4.69) is 33.6 Å². The molecule has 0 aliphatic carbocycles. The first-order valence-corrected chi connectivity index (χ1v) is 6.65. The monoisotopic (exact) mass is 276 g/mol. The molecular formula is C16H12N4O. The van der Waals surface area contributed by atoms with Crippen molar-refractivity contribution < 1.29 is 4.42 Å². The molecule has 2 aromatic carbocycles. The third kappa shape index (κ3) is 1.99. The molecule has 0 saturated heterocycles. The Morgan fingerprint density at radius 1 is 1.00 bits per heavy atom. The molecule has 5 nitrogen and oxygen atoms in total. The molecule has 4 rings (SSSR count). The highest BCUT2D eigenvalue weighted by Crippen LogP contribution is 2.33. The molecule has 0 unspecified atom stereocenters. The van der Waals surface area contributed by atoms with Crippen LogP contribution >= 0.6 is 0 Å². The molecule has 0 atom stereocenters. The molecule has 21 heavy (non-hydrogen) atoms. The van der Waals surface area contributed by atoms with Gasteiger partial charge in [-0.2, -0.15) is 0 Å². The molecule has 0 amide bonds. The van der Waals surface area contributed by atoms with Crippen LogP contribution in [0.15, 0.2) is 52.9 Å². The van der Waals surface area contributed by atoms with E-state index in [1.165, 1.54) is 5.56 Å². The number of nitrogens with one attached hydrogen (secondary N) is 1. The molecular weight excluding hydrogens is 264 g/mol. The molecule has 102 valence electrons. The second-order valence-electron chi connectivity index (χ2n) is 4.95. The molecule has 0 aliphatic heterocycles. The van der Waals surface area contributed by atoms with E-state index in [4.69, 9.17) is 4.42 Å². The number of benzene rings is 2. The first-order valence-electron chi connectivity index (χ1n) is 6.65. The molecule has 0 bridgehead atoms. The van der Waals surface area contributed by atoms with Gasteiger partial charge in [0.2, 0.25) is 0 Å². The SMILES string of the molecule is Cc1ccc2oc(-c3ccccc3-c3nnn[nH]3)cc2c1. The van der Waals surface area contributed by atoms with Gasteiger partial charge in [-0.3, -0.25) is 0 Å². The summed E-state index contributed by atoms with van der Waals surface area (Å²) in [6, 6.07) is 16.1. The van der Waals surface area contributed by atoms with Gasteiger partial charge < -0.3 is 4.42 Å². The molecule has 2 aromatic heterocycles. The van der Waals surface area contributed by atoms with Crippen LogP contribution in [-0.2, 0) is 0 Å². The van der Waals surface area contributed by atoms with Crippen LogP contribution in [0.3, 0.4) is 0 Å². The van der Waals surface area contributed by atoms with Crippen molar-refractivity contribution in [2.75, 3.05) is 0 Å². The largest absolute Gasteiger partial charge is 0.456 e. The number of rotatable bonds is 2. The fourth-order valence-electron chi connectivity index (χ4n) is 2.47. The van der Waals surface area contributed by atoms with E-state index in [1.54, 1.807) is 0 Å². The molecule has 5 heteroatoms. The third-order valence-electron chi connectivity index (χ3n) is 3.46. The predicted octanol–water partition coefficient (Wildman–Crippen LogP) is 3.59. The van der Waals surface area contributed by atoms with E-state index in [0.29, 0.717) is 5.82 Å². The molecule has 0 spiro atoms. The van der Waals surface area contributed by atoms with Gasteiger partial charge in [-0.15, -0.1) is 5.10 Å². The summed E-state index contributed by atoms with van der Waals surface area (Å²) in [5, 5.41) is 15.1. The lowest BCUT2D eigenvalue weighted by Crippen LogP contribution is -1.85. The van der Waals surface area contributed by atoms with Crippen LogP contribution in [0.5, 0.6) is 0 Å². The summed E-state index contributed by atoms with van der Waals surface area (Å²) in [7, 11) is 0. The summed E-state index contributed by atoms with van der Waals surface area (Å²) in [6.45, 7) is 2.07. The van der Waals surface area contributed by atoms with Crippen LogP contribution in [0.25, 0.3) is 33.7 Å². The minimum absolute atomic E-state index is 0.627. The van der Waals surface area contributed by atoms with Crippen molar-refractivity contribution >= 4 is 11.0 Å². The lowest BCUT2D eigenvalue weighted by atomic mass is 10.0. The van der Waals surface area contributed by atoms with Crippen molar-refractivity contribution in [2.45, 2.75) is 6.92 Å². The molecule has 4 aromatic rings. The maximum Gasteiger partial charge on any atom is 0.180 e. The minimum Gasteiger partial charge on any atom is -0.456 e. The van der Waals surface area contributed by atoms with E-state index in [9.17, 15) is 0 Å². The molecule has 0 radical (unpaired) electrons. The highest BCUT2D eigenvalue weighted by Gasteiger charge is 2.13. The Hall–Kier alpha value is -2.95. The predicted molar refractivity (Wildman–Crippen MR) is 79.6 cm³/mol. The van der Waals surface area contributed by atoms with Gasteiger partial charge in [-0.1, -0.05) is 35.9 Å². The molecule has 0 aliphatic rings. The second-order valence-corrected chi connectivity index (χ2v) is 4.95. The number of furan rings is 1. The number of aryl methyl sites for hydroxylation is 1. The summed E-state index contributed by atoms with van der Waals surface area (Å²) in [4.78, 5) is 0. The van der Waals surface area contributed by atoms with Crippen LogP contribution in [0.2, 0.25) is 0 Å². The van der Waals surface area contributed by atoms with Gasteiger partial charge in [0.1, 0.15) is 11.3 Å². The van der Waals surface area contributed by atoms with Crippen LogP contribution in [0.4, 0.5) is 0 Å². The quantitative estimate of drug-likeness (QED) is 0.607. The molecule has 0 fully saturated rings. The lowest BCUT2D eigenvalue weighted by Gasteiger charge is -2.02. The second kappa shape index (κ2) is 4.56. The number of hydrogen-bond donors (Lipinski definition) is 1. The summed E-state index contributed by atoms with van der Waals surface area (Å²) < 4.78 is 5.97. The van der Waals surface area contributed by atoms with Gasteiger partial charge >= 0.3 is 0 Å². The Bertz CT molecular complexity index is 909. The normalized spacial score (nSPS) is 11.1. The lowest BCUT2D eigenvalue weighted by molar-refractivity contribution is 0.631. The van der Waals surface area contributed by atoms with Gasteiger partial charge in [0.15, 0.2) is 5.82 Å². The molecule has 0 saturated carbocycles. The first kappa shape index (κ1) is 11.8.